The van der Waals surface area contributed by atoms with Crippen molar-refractivity contribution in [2.45, 2.75) is 189 Å². The van der Waals surface area contributed by atoms with Crippen molar-refractivity contribution in [2.75, 3.05) is 66.4 Å². The van der Waals surface area contributed by atoms with Gasteiger partial charge in [0, 0.05) is 32.4 Å². The van der Waals surface area contributed by atoms with Gasteiger partial charge in [0.05, 0.1) is 84.2 Å². The van der Waals surface area contributed by atoms with Crippen molar-refractivity contribution in [3.8, 4) is 0 Å². The second-order valence-corrected chi connectivity index (χ2v) is 21.7. The molecule has 0 aliphatic heterocycles. The Bertz CT molecular complexity index is 1750. The number of nitrogens with one attached hydrogen (secondary N) is 3. The number of carbonyl (C=O) groups is 9. The van der Waals surface area contributed by atoms with Crippen LogP contribution in [0.25, 0.3) is 0 Å². The number of nitrogens with zero attached hydrogens (tertiary/aromatic N) is 1. The van der Waals surface area contributed by atoms with Crippen LogP contribution in [0.3, 0.4) is 0 Å². The van der Waals surface area contributed by atoms with Crippen LogP contribution in [-0.2, 0) is 81.0 Å². The fraction of sp³-hybridized carbons (Fsp3) is 0.820. The van der Waals surface area contributed by atoms with Gasteiger partial charge in [-0.05, 0) is 102 Å². The lowest BCUT2D eigenvalue weighted by Crippen LogP contribution is -2.55. The average Bonchev–Trinajstić information content (AvgIpc) is 3.21. The van der Waals surface area contributed by atoms with E-state index < -0.39 is 125 Å². The van der Waals surface area contributed by atoms with Crippen LogP contribution in [-0.4, -0.2) is 171 Å². The van der Waals surface area contributed by atoms with E-state index in [9.17, 15) is 43.2 Å². The standard InChI is InChI=1S/C50H89N5O17/c1-32(2)34(29-38(56)36(17-18-39(57)69-47(4,5)6)53-45(63)35(51)30-41(59)71-49(10,11)12)44(62)54-37(31-42(60)72-50(13,14)15)46(64)55(16)33(3)43(61)52-20-22-66-24-26-68-28-27-67-25-23-65-21-19-40(58)70-48(7,8)9/h32-37H,17-31,51H2,1-16H3,(H,52,61)(H,53,63)(H,54,62)/t33-,34-,35+,36-,37+/m0/s1. The van der Waals surface area contributed by atoms with Gasteiger partial charge >= 0.3 is 23.9 Å². The van der Waals surface area contributed by atoms with Gasteiger partial charge in [-0.25, -0.2) is 0 Å². The van der Waals surface area contributed by atoms with Crippen molar-refractivity contribution in [1.29, 1.82) is 0 Å². The Labute approximate surface area is 427 Å². The second-order valence-electron chi connectivity index (χ2n) is 21.7. The van der Waals surface area contributed by atoms with Crippen LogP contribution in [0.4, 0.5) is 0 Å². The summed E-state index contributed by atoms with van der Waals surface area (Å²) >= 11 is 0. The van der Waals surface area contributed by atoms with Crippen molar-refractivity contribution in [2.24, 2.45) is 17.6 Å². The zero-order valence-electron chi connectivity index (χ0n) is 46.0. The van der Waals surface area contributed by atoms with E-state index in [1.807, 2.05) is 0 Å². The summed E-state index contributed by atoms with van der Waals surface area (Å²) in [6.07, 6.45) is -1.96. The smallest absolute Gasteiger partial charge is 0.308 e. The van der Waals surface area contributed by atoms with E-state index in [-0.39, 0.29) is 58.2 Å². The van der Waals surface area contributed by atoms with Crippen LogP contribution in [0.15, 0.2) is 0 Å². The molecule has 0 heterocycles. The van der Waals surface area contributed by atoms with Crippen molar-refractivity contribution in [3.05, 3.63) is 0 Å². The van der Waals surface area contributed by atoms with Crippen molar-refractivity contribution < 1.29 is 81.0 Å². The van der Waals surface area contributed by atoms with Gasteiger partial charge in [-0.3, -0.25) is 43.2 Å². The molecule has 4 amide bonds. The van der Waals surface area contributed by atoms with Crippen molar-refractivity contribution in [3.63, 3.8) is 0 Å². The molecule has 0 saturated carbocycles. The molecule has 5 atom stereocenters. The number of hydrogen-bond donors (Lipinski definition) is 4. The molecule has 0 rings (SSSR count). The van der Waals surface area contributed by atoms with E-state index in [4.69, 9.17) is 43.6 Å². The lowest BCUT2D eigenvalue weighted by atomic mass is 9.87. The topological polar surface area (TPSA) is 293 Å². The molecule has 5 N–H and O–H groups in total. The van der Waals surface area contributed by atoms with E-state index in [0.29, 0.717) is 26.4 Å². The van der Waals surface area contributed by atoms with Gasteiger partial charge < -0.3 is 64.5 Å². The van der Waals surface area contributed by atoms with Crippen LogP contribution in [0.1, 0.15) is 142 Å². The molecule has 22 nitrogen and oxygen atoms in total. The number of carbonyl (C=O) groups excluding carboxylic acids is 9. The zero-order valence-corrected chi connectivity index (χ0v) is 46.0. The van der Waals surface area contributed by atoms with Crippen LogP contribution in [0, 0.1) is 11.8 Å². The number of hydrogen-bond acceptors (Lipinski definition) is 18. The van der Waals surface area contributed by atoms with Gasteiger partial charge in [0.1, 0.15) is 34.5 Å². The largest absolute Gasteiger partial charge is 0.460 e. The molecule has 0 fully saturated rings. The minimum absolute atomic E-state index is 0.0965. The number of likely N-dealkylation sites (N-methyl/N-ethyl adjacent to an activating group) is 1. The summed E-state index contributed by atoms with van der Waals surface area (Å²) in [7, 11) is 1.34. The third-order valence-electron chi connectivity index (χ3n) is 9.71. The fourth-order valence-electron chi connectivity index (χ4n) is 6.24. The van der Waals surface area contributed by atoms with Gasteiger partial charge in [-0.2, -0.15) is 0 Å². The highest BCUT2D eigenvalue weighted by atomic mass is 16.6. The molecule has 0 aliphatic carbocycles. The predicted molar refractivity (Wildman–Crippen MR) is 265 cm³/mol. The lowest BCUT2D eigenvalue weighted by molar-refractivity contribution is -0.158. The first-order chi connectivity index (χ1) is 33.0. The van der Waals surface area contributed by atoms with Gasteiger partial charge in [0.2, 0.25) is 23.6 Å². The Balaban J connectivity index is 5.63. The minimum atomic E-state index is -1.53. The quantitative estimate of drug-likeness (QED) is 0.0417. The summed E-state index contributed by atoms with van der Waals surface area (Å²) < 4.78 is 43.2. The minimum Gasteiger partial charge on any atom is -0.460 e. The molecule has 72 heavy (non-hydrogen) atoms. The highest BCUT2D eigenvalue weighted by Gasteiger charge is 2.37. The summed E-state index contributed by atoms with van der Waals surface area (Å²) in [5.74, 6) is -7.84. The number of Topliss-reactive ketones (excluding diaryl/α,β-unsaturated/α-hetero) is 1. The number of nitrogens with two attached hydrogens (primary N) is 1. The maximum atomic E-state index is 14.1. The normalized spacial score (nSPS) is 14.2. The maximum absolute atomic E-state index is 14.1. The SMILES string of the molecule is CC(C)[C@H](CC(=O)[C@H](CCC(=O)OC(C)(C)C)NC(=O)[C@H](N)CC(=O)OC(C)(C)C)C(=O)N[C@H](CC(=O)OC(C)(C)C)C(=O)N(C)[C@@H](C)C(=O)NCCOCCOCCOCCOCCC(=O)OC(C)(C)C. The van der Waals surface area contributed by atoms with Gasteiger partial charge in [-0.1, -0.05) is 13.8 Å². The van der Waals surface area contributed by atoms with Crippen LogP contribution in [0.5, 0.6) is 0 Å². The Morgan fingerprint density at radius 3 is 1.35 bits per heavy atom. The molecule has 0 unspecified atom stereocenters. The molecule has 416 valence electrons. The first-order valence-corrected chi connectivity index (χ1v) is 24.6. The average molecular weight is 1030 g/mol. The molecule has 0 spiro atoms. The molecular weight excluding hydrogens is 943 g/mol. The maximum Gasteiger partial charge on any atom is 0.308 e. The molecule has 0 aromatic carbocycles. The number of ether oxygens (including phenoxy) is 8. The Hall–Kier alpha value is -4.77. The second kappa shape index (κ2) is 32.4. The molecular formula is C50H89N5O17. The number of rotatable bonds is 33. The molecule has 22 heteroatoms. The van der Waals surface area contributed by atoms with E-state index in [1.54, 1.807) is 96.9 Å². The molecule has 0 aromatic heterocycles. The van der Waals surface area contributed by atoms with E-state index >= 15 is 0 Å². The summed E-state index contributed by atoms with van der Waals surface area (Å²) in [4.78, 5) is 120. The van der Waals surface area contributed by atoms with Crippen LogP contribution < -0.4 is 21.7 Å². The summed E-state index contributed by atoms with van der Waals surface area (Å²) in [6, 6.07) is -5.37. The summed E-state index contributed by atoms with van der Waals surface area (Å²) in [6.45, 7) is 27.3. The monoisotopic (exact) mass is 1030 g/mol. The number of amides is 4. The van der Waals surface area contributed by atoms with Crippen molar-refractivity contribution in [1.82, 2.24) is 20.9 Å². The fourth-order valence-corrected chi connectivity index (χ4v) is 6.24. The molecule has 0 saturated heterocycles. The third-order valence-corrected chi connectivity index (χ3v) is 9.71. The molecule has 0 aliphatic rings. The van der Waals surface area contributed by atoms with Crippen molar-refractivity contribution >= 4 is 53.3 Å². The lowest BCUT2D eigenvalue weighted by Gasteiger charge is -2.31. The first-order valence-electron chi connectivity index (χ1n) is 24.6. The zero-order chi connectivity index (χ0) is 55.6. The number of esters is 4. The Kier molecular flexibility index (Phi) is 30.3. The number of ketones is 1. The van der Waals surface area contributed by atoms with E-state index in [1.165, 1.54) is 14.0 Å². The first kappa shape index (κ1) is 67.2. The Morgan fingerprint density at radius 2 is 0.889 bits per heavy atom. The van der Waals surface area contributed by atoms with E-state index in [2.05, 4.69) is 16.0 Å². The van der Waals surface area contributed by atoms with E-state index in [0.717, 1.165) is 4.90 Å². The predicted octanol–water partition coefficient (Wildman–Crippen LogP) is 2.86. The summed E-state index contributed by atoms with van der Waals surface area (Å²) in [5, 5.41) is 7.83. The van der Waals surface area contributed by atoms with Crippen LogP contribution in [0.2, 0.25) is 0 Å². The highest BCUT2D eigenvalue weighted by Crippen LogP contribution is 2.21. The molecule has 0 aromatic rings. The highest BCUT2D eigenvalue weighted by molar-refractivity contribution is 5.97. The molecule has 0 bridgehead atoms. The molecule has 0 radical (unpaired) electrons. The van der Waals surface area contributed by atoms with Gasteiger partial charge in [-0.15, -0.1) is 0 Å². The van der Waals surface area contributed by atoms with Gasteiger partial charge in [0.25, 0.3) is 0 Å². The third kappa shape index (κ3) is 33.1. The van der Waals surface area contributed by atoms with Gasteiger partial charge in [0.15, 0.2) is 5.78 Å². The Morgan fingerprint density at radius 1 is 0.486 bits per heavy atom. The summed E-state index contributed by atoms with van der Waals surface area (Å²) in [5.41, 5.74) is 2.87. The van der Waals surface area contributed by atoms with Crippen LogP contribution >= 0.6 is 0 Å².